The van der Waals surface area contributed by atoms with Gasteiger partial charge in [-0.2, -0.15) is 0 Å². The fourth-order valence-electron chi connectivity index (χ4n) is 5.10. The number of rotatable bonds is 3. The quantitative estimate of drug-likeness (QED) is 0.495. The van der Waals surface area contributed by atoms with Crippen LogP contribution in [0.1, 0.15) is 31.8 Å². The number of primary amides is 1. The van der Waals surface area contributed by atoms with Crippen LogP contribution in [0.2, 0.25) is 0 Å². The van der Waals surface area contributed by atoms with Crippen LogP contribution < -0.4 is 15.4 Å². The summed E-state index contributed by atoms with van der Waals surface area (Å²) in [7, 11) is 2.04. The van der Waals surface area contributed by atoms with E-state index < -0.39 is 5.91 Å². The number of nitrogens with zero attached hydrogens (tertiary/aromatic N) is 3. The van der Waals surface area contributed by atoms with E-state index in [-0.39, 0.29) is 5.91 Å². The number of likely N-dealkylation sites (N-methyl/N-ethyl adjacent to an activating group) is 1. The number of morpholine rings is 1. The molecule has 0 saturated carbocycles. The normalized spacial score (nSPS) is 16.3. The summed E-state index contributed by atoms with van der Waals surface area (Å²) < 4.78 is 11.2. The van der Waals surface area contributed by atoms with Gasteiger partial charge in [0.2, 0.25) is 5.91 Å². The van der Waals surface area contributed by atoms with E-state index in [4.69, 9.17) is 20.2 Å². The Bertz CT molecular complexity index is 1360. The van der Waals surface area contributed by atoms with Gasteiger partial charge in [-0.25, -0.2) is 4.98 Å². The number of benzene rings is 2. The highest BCUT2D eigenvalue weighted by Gasteiger charge is 2.28. The summed E-state index contributed by atoms with van der Waals surface area (Å²) in [6.45, 7) is 3.75. The molecule has 1 aromatic heterocycles. The lowest BCUT2D eigenvalue weighted by molar-refractivity contribution is 0.0303. The molecule has 2 aliphatic heterocycles. The number of pyridine rings is 1. The van der Waals surface area contributed by atoms with Crippen LogP contribution in [0.25, 0.3) is 22.5 Å². The second-order valence-corrected chi connectivity index (χ2v) is 9.15. The first kappa shape index (κ1) is 21.6. The third-order valence-corrected chi connectivity index (χ3v) is 7.01. The van der Waals surface area contributed by atoms with E-state index >= 15 is 0 Å². The number of aromatic nitrogens is 1. The van der Waals surface area contributed by atoms with Crippen LogP contribution in [0.3, 0.4) is 0 Å². The van der Waals surface area contributed by atoms with Crippen molar-refractivity contribution in [2.24, 2.45) is 5.73 Å². The first-order chi connectivity index (χ1) is 17.0. The van der Waals surface area contributed by atoms with Crippen molar-refractivity contribution in [3.05, 3.63) is 64.7 Å². The standard InChI is InChI=1S/C27H26N4O4/c1-30-6-11-35-24-14-16(3-5-23(24)30)22-15-21(26(28)32)20-13-18-12-17(2-4-19(18)25(20)29-22)27(33)31-7-9-34-10-8-31/h2-5,12,14-15H,6-11,13H2,1H3,(H2,28,32). The van der Waals surface area contributed by atoms with Crippen molar-refractivity contribution in [2.75, 3.05) is 51.4 Å². The molecule has 2 amide bonds. The van der Waals surface area contributed by atoms with Crippen molar-refractivity contribution in [3.8, 4) is 28.3 Å². The number of nitrogens with two attached hydrogens (primary N) is 1. The van der Waals surface area contributed by atoms with Gasteiger partial charge >= 0.3 is 0 Å². The van der Waals surface area contributed by atoms with Crippen molar-refractivity contribution < 1.29 is 19.1 Å². The average Bonchev–Trinajstić information content (AvgIpc) is 3.25. The van der Waals surface area contributed by atoms with Crippen molar-refractivity contribution in [1.82, 2.24) is 9.88 Å². The van der Waals surface area contributed by atoms with E-state index in [1.165, 1.54) is 0 Å². The maximum absolute atomic E-state index is 13.0. The van der Waals surface area contributed by atoms with Gasteiger partial charge in [0.25, 0.3) is 5.91 Å². The van der Waals surface area contributed by atoms with E-state index in [9.17, 15) is 9.59 Å². The van der Waals surface area contributed by atoms with Gasteiger partial charge in [0.05, 0.1) is 36.8 Å². The van der Waals surface area contributed by atoms with E-state index in [2.05, 4.69) is 4.90 Å². The maximum Gasteiger partial charge on any atom is 0.254 e. The Kier molecular flexibility index (Phi) is 5.18. The summed E-state index contributed by atoms with van der Waals surface area (Å²) in [4.78, 5) is 34.4. The first-order valence-electron chi connectivity index (χ1n) is 11.8. The van der Waals surface area contributed by atoms with E-state index in [1.54, 1.807) is 6.07 Å². The molecule has 3 heterocycles. The molecule has 0 atom stereocenters. The molecule has 2 aromatic carbocycles. The predicted octanol–water partition coefficient (Wildman–Crippen LogP) is 2.72. The second kappa shape index (κ2) is 8.39. The lowest BCUT2D eigenvalue weighted by Crippen LogP contribution is -2.40. The number of amides is 2. The largest absolute Gasteiger partial charge is 0.490 e. The molecule has 0 bridgehead atoms. The maximum atomic E-state index is 13.0. The minimum Gasteiger partial charge on any atom is -0.490 e. The zero-order chi connectivity index (χ0) is 24.1. The number of fused-ring (bicyclic) bond motifs is 4. The number of hydrogen-bond acceptors (Lipinski definition) is 6. The molecule has 0 spiro atoms. The molecule has 6 rings (SSSR count). The molecule has 2 N–H and O–H groups in total. The van der Waals surface area contributed by atoms with Gasteiger partial charge < -0.3 is 25.0 Å². The van der Waals surface area contributed by atoms with Gasteiger partial charge in [0.15, 0.2) is 0 Å². The predicted molar refractivity (Wildman–Crippen MR) is 132 cm³/mol. The lowest BCUT2D eigenvalue weighted by Gasteiger charge is -2.28. The molecule has 1 aliphatic carbocycles. The zero-order valence-corrected chi connectivity index (χ0v) is 19.5. The van der Waals surface area contributed by atoms with E-state index in [1.807, 2.05) is 48.3 Å². The van der Waals surface area contributed by atoms with Gasteiger partial charge in [-0.3, -0.25) is 9.59 Å². The van der Waals surface area contributed by atoms with Gasteiger partial charge in [-0.1, -0.05) is 12.1 Å². The molecule has 0 radical (unpaired) electrons. The molecule has 3 aliphatic rings. The summed E-state index contributed by atoms with van der Waals surface area (Å²) in [5.74, 6) is 0.303. The molecule has 8 heteroatoms. The highest BCUT2D eigenvalue weighted by Crippen LogP contribution is 2.41. The SMILES string of the molecule is CN1CCOc2cc(-c3cc(C(N)=O)c4c(n3)-c3ccc(C(=O)N5CCOCC5)cc3C4)ccc21. The Balaban J connectivity index is 1.40. The molecular formula is C27H26N4O4. The van der Waals surface area contributed by atoms with E-state index in [0.717, 1.165) is 45.9 Å². The zero-order valence-electron chi connectivity index (χ0n) is 19.5. The number of hydrogen-bond donors (Lipinski definition) is 1. The summed E-state index contributed by atoms with van der Waals surface area (Å²) in [5.41, 5.74) is 12.9. The number of carbonyl (C=O) groups excluding carboxylic acids is 2. The molecule has 1 fully saturated rings. The molecule has 8 nitrogen and oxygen atoms in total. The molecule has 0 unspecified atom stereocenters. The van der Waals surface area contributed by atoms with Crippen molar-refractivity contribution in [1.29, 1.82) is 0 Å². The minimum atomic E-state index is -0.490. The van der Waals surface area contributed by atoms with Crippen LogP contribution in [-0.4, -0.2) is 68.2 Å². The summed E-state index contributed by atoms with van der Waals surface area (Å²) in [5, 5.41) is 0. The molecule has 178 valence electrons. The molecule has 35 heavy (non-hydrogen) atoms. The van der Waals surface area contributed by atoms with Gasteiger partial charge in [0.1, 0.15) is 12.4 Å². The summed E-state index contributed by atoms with van der Waals surface area (Å²) >= 11 is 0. The Morgan fingerprint density at radius 1 is 1.00 bits per heavy atom. The third-order valence-electron chi connectivity index (χ3n) is 7.01. The highest BCUT2D eigenvalue weighted by atomic mass is 16.5. The van der Waals surface area contributed by atoms with E-state index in [0.29, 0.717) is 56.2 Å². The highest BCUT2D eigenvalue weighted by molar-refractivity contribution is 6.00. The Hall–Kier alpha value is -3.91. The lowest BCUT2D eigenvalue weighted by atomic mass is 10.0. The smallest absolute Gasteiger partial charge is 0.254 e. The second-order valence-electron chi connectivity index (χ2n) is 9.15. The monoisotopic (exact) mass is 470 g/mol. The van der Waals surface area contributed by atoms with Gasteiger partial charge in [-0.15, -0.1) is 0 Å². The van der Waals surface area contributed by atoms with Crippen LogP contribution in [0.15, 0.2) is 42.5 Å². The Morgan fingerprint density at radius 3 is 2.63 bits per heavy atom. The fourth-order valence-corrected chi connectivity index (χ4v) is 5.10. The topological polar surface area (TPSA) is 98.0 Å². The Morgan fingerprint density at radius 2 is 1.83 bits per heavy atom. The number of carbonyl (C=O) groups is 2. The minimum absolute atomic E-state index is 0.00476. The third kappa shape index (κ3) is 3.70. The van der Waals surface area contributed by atoms with Crippen LogP contribution in [0, 0.1) is 0 Å². The number of ether oxygens (including phenoxy) is 2. The van der Waals surface area contributed by atoms with Gasteiger partial charge in [0, 0.05) is 48.8 Å². The van der Waals surface area contributed by atoms with Crippen molar-refractivity contribution in [2.45, 2.75) is 6.42 Å². The average molecular weight is 471 g/mol. The first-order valence-corrected chi connectivity index (χ1v) is 11.8. The van der Waals surface area contributed by atoms with Crippen molar-refractivity contribution >= 4 is 17.5 Å². The number of anilines is 1. The fraction of sp³-hybridized carbons (Fsp3) is 0.296. The van der Waals surface area contributed by atoms with Crippen LogP contribution >= 0.6 is 0 Å². The van der Waals surface area contributed by atoms with Crippen LogP contribution in [0.5, 0.6) is 5.75 Å². The van der Waals surface area contributed by atoms with Crippen LogP contribution in [-0.2, 0) is 11.2 Å². The molecule has 1 saturated heterocycles. The van der Waals surface area contributed by atoms with Gasteiger partial charge in [-0.05, 0) is 41.5 Å². The van der Waals surface area contributed by atoms with Crippen molar-refractivity contribution in [3.63, 3.8) is 0 Å². The molecular weight excluding hydrogens is 444 g/mol. The summed E-state index contributed by atoms with van der Waals surface area (Å²) in [6.07, 6.45) is 0.512. The summed E-state index contributed by atoms with van der Waals surface area (Å²) in [6, 6.07) is 13.4. The molecule has 3 aromatic rings. The Labute approximate surface area is 203 Å². The van der Waals surface area contributed by atoms with Crippen LogP contribution in [0.4, 0.5) is 5.69 Å².